The van der Waals surface area contributed by atoms with Gasteiger partial charge in [0.25, 0.3) is 0 Å². The molecule has 4 nitrogen and oxygen atoms in total. The molecule has 0 bridgehead atoms. The molecule has 2 rings (SSSR count). The quantitative estimate of drug-likeness (QED) is 0.915. The van der Waals surface area contributed by atoms with Gasteiger partial charge < -0.3 is 10.3 Å². The SMILES string of the molecule is NC(c1ccccc1)c1nc(CC(F)(F)F)no1. The van der Waals surface area contributed by atoms with Crippen LogP contribution in [0.15, 0.2) is 34.9 Å². The van der Waals surface area contributed by atoms with E-state index in [4.69, 9.17) is 10.3 Å². The van der Waals surface area contributed by atoms with Crippen LogP contribution in [-0.2, 0) is 6.42 Å². The zero-order valence-electron chi connectivity index (χ0n) is 9.19. The van der Waals surface area contributed by atoms with E-state index in [0.29, 0.717) is 5.56 Å². The molecule has 0 radical (unpaired) electrons. The minimum atomic E-state index is -4.36. The number of halogens is 3. The molecule has 0 aliphatic rings. The van der Waals surface area contributed by atoms with Crippen molar-refractivity contribution in [1.29, 1.82) is 0 Å². The molecule has 2 aromatic rings. The van der Waals surface area contributed by atoms with Crippen molar-refractivity contribution in [3.63, 3.8) is 0 Å². The third-order valence-corrected chi connectivity index (χ3v) is 2.27. The van der Waals surface area contributed by atoms with Crippen molar-refractivity contribution in [1.82, 2.24) is 10.1 Å². The van der Waals surface area contributed by atoms with Gasteiger partial charge in [-0.05, 0) is 5.56 Å². The molecule has 2 N–H and O–H groups in total. The van der Waals surface area contributed by atoms with Crippen LogP contribution in [-0.4, -0.2) is 16.3 Å². The zero-order valence-corrected chi connectivity index (χ0v) is 9.19. The molecular weight excluding hydrogens is 247 g/mol. The topological polar surface area (TPSA) is 64.9 Å². The summed E-state index contributed by atoms with van der Waals surface area (Å²) < 4.78 is 41.1. The molecule has 0 saturated carbocycles. The van der Waals surface area contributed by atoms with Crippen LogP contribution in [0.4, 0.5) is 13.2 Å². The van der Waals surface area contributed by atoms with Gasteiger partial charge in [-0.1, -0.05) is 35.5 Å². The highest BCUT2D eigenvalue weighted by molar-refractivity contribution is 5.22. The summed E-state index contributed by atoms with van der Waals surface area (Å²) in [5, 5.41) is 3.26. The third-order valence-electron chi connectivity index (χ3n) is 2.27. The lowest BCUT2D eigenvalue weighted by molar-refractivity contribution is -0.128. The second-order valence-corrected chi connectivity index (χ2v) is 3.73. The van der Waals surface area contributed by atoms with Gasteiger partial charge >= 0.3 is 6.18 Å². The fourth-order valence-corrected chi connectivity index (χ4v) is 1.45. The number of nitrogens with two attached hydrogens (primary N) is 1. The highest BCUT2D eigenvalue weighted by Crippen LogP contribution is 2.22. The van der Waals surface area contributed by atoms with E-state index in [2.05, 4.69) is 10.1 Å². The number of nitrogens with zero attached hydrogens (tertiary/aromatic N) is 2. The predicted molar refractivity (Wildman–Crippen MR) is 56.5 cm³/mol. The van der Waals surface area contributed by atoms with Gasteiger partial charge in [-0.25, -0.2) is 0 Å². The Labute approximate surface area is 101 Å². The summed E-state index contributed by atoms with van der Waals surface area (Å²) in [7, 11) is 0. The Kier molecular flexibility index (Phi) is 3.33. The molecule has 0 spiro atoms. The van der Waals surface area contributed by atoms with E-state index in [0.717, 1.165) is 0 Å². The van der Waals surface area contributed by atoms with Gasteiger partial charge in [0.2, 0.25) is 5.89 Å². The second kappa shape index (κ2) is 4.77. The van der Waals surface area contributed by atoms with E-state index in [1.54, 1.807) is 30.3 Å². The average molecular weight is 257 g/mol. The van der Waals surface area contributed by atoms with Gasteiger partial charge in [0, 0.05) is 0 Å². The average Bonchev–Trinajstić information content (AvgIpc) is 2.75. The maximum absolute atomic E-state index is 12.1. The number of alkyl halides is 3. The lowest BCUT2D eigenvalue weighted by Crippen LogP contribution is -2.14. The molecule has 0 aliphatic carbocycles. The van der Waals surface area contributed by atoms with E-state index in [9.17, 15) is 13.2 Å². The van der Waals surface area contributed by atoms with E-state index in [1.165, 1.54) is 0 Å². The lowest BCUT2D eigenvalue weighted by atomic mass is 10.1. The Morgan fingerprint density at radius 2 is 1.89 bits per heavy atom. The third kappa shape index (κ3) is 3.07. The van der Waals surface area contributed by atoms with Gasteiger partial charge in [-0.15, -0.1) is 0 Å². The van der Waals surface area contributed by atoms with Gasteiger partial charge in [-0.2, -0.15) is 18.2 Å². The Hall–Kier alpha value is -1.89. The second-order valence-electron chi connectivity index (χ2n) is 3.73. The van der Waals surface area contributed by atoms with Crippen LogP contribution in [0.5, 0.6) is 0 Å². The smallest absolute Gasteiger partial charge is 0.337 e. The van der Waals surface area contributed by atoms with E-state index >= 15 is 0 Å². The number of hydrogen-bond acceptors (Lipinski definition) is 4. The maximum Gasteiger partial charge on any atom is 0.396 e. The molecule has 0 saturated heterocycles. The first-order valence-electron chi connectivity index (χ1n) is 5.15. The Balaban J connectivity index is 2.15. The molecular formula is C11H10F3N3O. The van der Waals surface area contributed by atoms with E-state index in [-0.39, 0.29) is 5.89 Å². The molecule has 1 unspecified atom stereocenters. The Morgan fingerprint density at radius 3 is 2.50 bits per heavy atom. The summed E-state index contributed by atoms with van der Waals surface area (Å²) in [4.78, 5) is 3.65. The van der Waals surface area contributed by atoms with Crippen LogP contribution < -0.4 is 5.73 Å². The first-order valence-corrected chi connectivity index (χ1v) is 5.15. The molecule has 0 amide bonds. The van der Waals surface area contributed by atoms with Crippen LogP contribution in [0.1, 0.15) is 23.3 Å². The van der Waals surface area contributed by atoms with Crippen molar-refractivity contribution in [3.05, 3.63) is 47.6 Å². The summed E-state index contributed by atoms with van der Waals surface area (Å²) in [6, 6.07) is 8.08. The van der Waals surface area contributed by atoms with Crippen molar-refractivity contribution in [2.75, 3.05) is 0 Å². The number of aromatic nitrogens is 2. The van der Waals surface area contributed by atoms with E-state index < -0.39 is 24.5 Å². The van der Waals surface area contributed by atoms with E-state index in [1.807, 2.05) is 0 Å². The van der Waals surface area contributed by atoms with Gasteiger partial charge in [-0.3, -0.25) is 0 Å². The number of hydrogen-bond donors (Lipinski definition) is 1. The predicted octanol–water partition coefficient (Wildman–Crippen LogP) is 2.22. The molecule has 96 valence electrons. The molecule has 0 fully saturated rings. The van der Waals surface area contributed by atoms with Crippen LogP contribution in [0.3, 0.4) is 0 Å². The molecule has 1 atom stereocenters. The first-order chi connectivity index (χ1) is 8.46. The summed E-state index contributed by atoms with van der Waals surface area (Å²) in [5.74, 6) is -0.440. The summed E-state index contributed by atoms with van der Waals surface area (Å²) in [6.45, 7) is 0. The summed E-state index contributed by atoms with van der Waals surface area (Å²) in [6.07, 6.45) is -5.59. The minimum absolute atomic E-state index is 0.0274. The largest absolute Gasteiger partial charge is 0.396 e. The van der Waals surface area contributed by atoms with Crippen molar-refractivity contribution in [2.45, 2.75) is 18.6 Å². The highest BCUT2D eigenvalue weighted by atomic mass is 19.4. The van der Waals surface area contributed by atoms with Gasteiger partial charge in [0.1, 0.15) is 12.5 Å². The minimum Gasteiger partial charge on any atom is -0.337 e. The fraction of sp³-hybridized carbons (Fsp3) is 0.273. The fourth-order valence-electron chi connectivity index (χ4n) is 1.45. The molecule has 0 aliphatic heterocycles. The maximum atomic E-state index is 12.1. The van der Waals surface area contributed by atoms with Gasteiger partial charge in [0.15, 0.2) is 5.82 Å². The van der Waals surface area contributed by atoms with Crippen molar-refractivity contribution in [2.24, 2.45) is 5.73 Å². The standard InChI is InChI=1S/C11H10F3N3O/c12-11(13,14)6-8-16-10(18-17-8)9(15)7-4-2-1-3-5-7/h1-5,9H,6,15H2. The molecule has 7 heteroatoms. The van der Waals surface area contributed by atoms with Crippen LogP contribution >= 0.6 is 0 Å². The van der Waals surface area contributed by atoms with Gasteiger partial charge in [0.05, 0.1) is 0 Å². The van der Waals surface area contributed by atoms with Crippen LogP contribution in [0.25, 0.3) is 0 Å². The Morgan fingerprint density at radius 1 is 1.22 bits per heavy atom. The zero-order chi connectivity index (χ0) is 13.2. The number of rotatable bonds is 3. The van der Waals surface area contributed by atoms with Crippen molar-refractivity contribution >= 4 is 0 Å². The highest BCUT2D eigenvalue weighted by Gasteiger charge is 2.31. The molecule has 1 aromatic carbocycles. The monoisotopic (exact) mass is 257 g/mol. The molecule has 1 aromatic heterocycles. The lowest BCUT2D eigenvalue weighted by Gasteiger charge is -2.05. The normalized spacial score (nSPS) is 13.6. The number of benzene rings is 1. The summed E-state index contributed by atoms with van der Waals surface area (Å²) >= 11 is 0. The van der Waals surface area contributed by atoms with Crippen molar-refractivity contribution < 1.29 is 17.7 Å². The summed E-state index contributed by atoms with van der Waals surface area (Å²) in [5.41, 5.74) is 6.51. The Bertz CT molecular complexity index is 510. The molecule has 18 heavy (non-hydrogen) atoms. The van der Waals surface area contributed by atoms with Crippen LogP contribution in [0, 0.1) is 0 Å². The molecule has 1 heterocycles. The van der Waals surface area contributed by atoms with Crippen molar-refractivity contribution in [3.8, 4) is 0 Å². The van der Waals surface area contributed by atoms with Crippen LogP contribution in [0.2, 0.25) is 0 Å². The first kappa shape index (κ1) is 12.6.